The minimum Gasteiger partial charge on any atom is -0.325 e. The quantitative estimate of drug-likeness (QED) is 0.436. The van der Waals surface area contributed by atoms with E-state index in [9.17, 15) is 13.2 Å². The van der Waals surface area contributed by atoms with Crippen LogP contribution in [0.5, 0.6) is 0 Å². The predicted molar refractivity (Wildman–Crippen MR) is 139 cm³/mol. The van der Waals surface area contributed by atoms with Gasteiger partial charge in [0, 0.05) is 11.7 Å². The minimum absolute atomic E-state index is 0.0767. The van der Waals surface area contributed by atoms with Crippen molar-refractivity contribution in [2.75, 3.05) is 5.32 Å². The second kappa shape index (κ2) is 9.96. The second-order valence-corrected chi connectivity index (χ2v) is 11.7. The van der Waals surface area contributed by atoms with Gasteiger partial charge in [-0.1, -0.05) is 67.1 Å². The van der Waals surface area contributed by atoms with Gasteiger partial charge in [-0.2, -0.15) is 0 Å². The Balaban J connectivity index is 1.28. The lowest BCUT2D eigenvalue weighted by Gasteiger charge is -2.28. The molecule has 0 saturated heterocycles. The summed E-state index contributed by atoms with van der Waals surface area (Å²) in [5.74, 6) is 1.22. The van der Waals surface area contributed by atoms with Crippen LogP contribution in [0.25, 0.3) is 0 Å². The maximum Gasteiger partial charge on any atom is 0.240 e. The van der Waals surface area contributed by atoms with Crippen molar-refractivity contribution < 1.29 is 13.2 Å². The van der Waals surface area contributed by atoms with E-state index in [2.05, 4.69) is 10.0 Å². The average molecular weight is 489 g/mol. The maximum absolute atomic E-state index is 13.3. The highest BCUT2D eigenvalue weighted by atomic mass is 32.2. The third kappa shape index (κ3) is 5.19. The van der Waals surface area contributed by atoms with Gasteiger partial charge >= 0.3 is 0 Å². The van der Waals surface area contributed by atoms with E-state index in [1.54, 1.807) is 24.3 Å². The first-order valence-electron chi connectivity index (χ1n) is 12.4. The van der Waals surface area contributed by atoms with Crippen LogP contribution in [0.1, 0.15) is 49.7 Å². The van der Waals surface area contributed by atoms with Crippen LogP contribution in [0.4, 0.5) is 5.69 Å². The Kier molecular flexibility index (Phi) is 6.76. The molecule has 5 nitrogen and oxygen atoms in total. The van der Waals surface area contributed by atoms with Gasteiger partial charge in [0.15, 0.2) is 0 Å². The van der Waals surface area contributed by atoms with Crippen LogP contribution in [0.2, 0.25) is 0 Å². The lowest BCUT2D eigenvalue weighted by Crippen LogP contribution is -2.40. The highest BCUT2D eigenvalue weighted by Crippen LogP contribution is 2.49. The summed E-state index contributed by atoms with van der Waals surface area (Å²) in [6.45, 7) is 1.99. The first-order chi connectivity index (χ1) is 16.9. The third-order valence-electron chi connectivity index (χ3n) is 7.74. The third-order valence-corrected chi connectivity index (χ3v) is 9.31. The van der Waals surface area contributed by atoms with Crippen molar-refractivity contribution in [1.82, 2.24) is 4.72 Å². The molecular weight excluding hydrogens is 456 g/mol. The Labute approximate surface area is 208 Å². The van der Waals surface area contributed by atoms with E-state index in [0.717, 1.165) is 23.5 Å². The van der Waals surface area contributed by atoms with Crippen LogP contribution in [-0.4, -0.2) is 20.4 Å². The number of hydrogen-bond acceptors (Lipinski definition) is 3. The zero-order valence-electron chi connectivity index (χ0n) is 19.9. The number of amides is 1. The monoisotopic (exact) mass is 488 g/mol. The van der Waals surface area contributed by atoms with Crippen molar-refractivity contribution in [2.24, 2.45) is 17.8 Å². The van der Waals surface area contributed by atoms with Crippen molar-refractivity contribution in [1.29, 1.82) is 0 Å². The van der Waals surface area contributed by atoms with Crippen LogP contribution in [0.3, 0.4) is 0 Å². The molecule has 2 N–H and O–H groups in total. The summed E-state index contributed by atoms with van der Waals surface area (Å²) in [5, 5.41) is 2.97. The maximum atomic E-state index is 13.3. The molecule has 0 spiro atoms. The molecule has 2 saturated carbocycles. The first-order valence-corrected chi connectivity index (χ1v) is 13.9. The Bertz CT molecular complexity index is 1220. The summed E-state index contributed by atoms with van der Waals surface area (Å²) in [7, 11) is -3.62. The smallest absolute Gasteiger partial charge is 0.240 e. The van der Waals surface area contributed by atoms with E-state index in [0.29, 0.717) is 17.5 Å². The summed E-state index contributed by atoms with van der Waals surface area (Å²) in [6, 6.07) is 25.6. The molecule has 0 aliphatic heterocycles. The number of carbonyl (C=O) groups is 1. The van der Waals surface area contributed by atoms with Gasteiger partial charge in [0.25, 0.3) is 0 Å². The van der Waals surface area contributed by atoms with Crippen molar-refractivity contribution in [3.63, 3.8) is 0 Å². The zero-order valence-corrected chi connectivity index (χ0v) is 20.7. The normalized spacial score (nSPS) is 22.3. The van der Waals surface area contributed by atoms with E-state index < -0.39 is 15.9 Å². The number of rotatable bonds is 8. The standard InChI is InChI=1S/C29H32N2O3S/c1-20(27-19-21-12-13-24(27)18-21)31-35(33,34)26-16-14-25(15-17-26)30-29(32)28(22-8-4-2-5-9-22)23-10-6-3-7-11-23/h2-11,14-17,20-21,24,27-28,31H,12-13,18-19H2,1H3,(H,30,32)/t20-,21+,24+,27-/m1/s1. The van der Waals surface area contributed by atoms with Crippen LogP contribution in [0.15, 0.2) is 89.8 Å². The SMILES string of the molecule is C[C@@H](NS(=O)(=O)c1ccc(NC(=O)C(c2ccccc2)c2ccccc2)cc1)[C@H]1C[C@H]2CC[C@H]1C2. The summed E-state index contributed by atoms with van der Waals surface area (Å²) in [6.07, 6.45) is 4.90. The summed E-state index contributed by atoms with van der Waals surface area (Å²) in [4.78, 5) is 13.5. The fraction of sp³-hybridized carbons (Fsp3) is 0.345. The number of hydrogen-bond donors (Lipinski definition) is 2. The lowest BCUT2D eigenvalue weighted by molar-refractivity contribution is -0.116. The number of carbonyl (C=O) groups excluding carboxylic acids is 1. The average Bonchev–Trinajstić information content (AvgIpc) is 3.50. The second-order valence-electron chi connectivity index (χ2n) is 10.0. The Hall–Kier alpha value is -2.96. The fourth-order valence-electron chi connectivity index (χ4n) is 6.02. The van der Waals surface area contributed by atoms with E-state index in [4.69, 9.17) is 0 Å². The summed E-state index contributed by atoms with van der Waals surface area (Å²) in [5.41, 5.74) is 2.36. The van der Waals surface area contributed by atoms with Crippen molar-refractivity contribution in [3.05, 3.63) is 96.1 Å². The molecule has 2 fully saturated rings. The van der Waals surface area contributed by atoms with E-state index in [-0.39, 0.29) is 16.8 Å². The molecule has 6 heteroatoms. The van der Waals surface area contributed by atoms with Crippen molar-refractivity contribution >= 4 is 21.6 Å². The fourth-order valence-corrected chi connectivity index (χ4v) is 7.32. The molecule has 182 valence electrons. The number of benzene rings is 3. The molecule has 35 heavy (non-hydrogen) atoms. The highest BCUT2D eigenvalue weighted by Gasteiger charge is 2.42. The molecule has 0 unspecified atom stereocenters. The van der Waals surface area contributed by atoms with Gasteiger partial charge < -0.3 is 5.32 Å². The van der Waals surface area contributed by atoms with E-state index >= 15 is 0 Å². The van der Waals surface area contributed by atoms with Crippen molar-refractivity contribution in [3.8, 4) is 0 Å². The molecule has 2 bridgehead atoms. The minimum atomic E-state index is -3.62. The van der Waals surface area contributed by atoms with Gasteiger partial charge in [0.05, 0.1) is 10.8 Å². The molecule has 3 aromatic rings. The lowest BCUT2D eigenvalue weighted by atomic mass is 9.84. The highest BCUT2D eigenvalue weighted by molar-refractivity contribution is 7.89. The molecule has 0 heterocycles. The van der Waals surface area contributed by atoms with Gasteiger partial charge in [-0.25, -0.2) is 13.1 Å². The molecule has 2 aliphatic rings. The summed E-state index contributed by atoms with van der Waals surface area (Å²) >= 11 is 0. The van der Waals surface area contributed by atoms with Crippen LogP contribution in [0, 0.1) is 17.8 Å². The van der Waals surface area contributed by atoms with E-state index in [1.807, 2.05) is 67.6 Å². The van der Waals surface area contributed by atoms with E-state index in [1.165, 1.54) is 19.3 Å². The van der Waals surface area contributed by atoms with Gasteiger partial charge in [-0.15, -0.1) is 0 Å². The van der Waals surface area contributed by atoms with Gasteiger partial charge in [0.2, 0.25) is 15.9 Å². The van der Waals surface area contributed by atoms with Crippen LogP contribution >= 0.6 is 0 Å². The molecule has 3 aromatic carbocycles. The number of nitrogens with one attached hydrogen (secondary N) is 2. The molecule has 1 amide bonds. The zero-order chi connectivity index (χ0) is 24.4. The van der Waals surface area contributed by atoms with Gasteiger partial charge in [-0.3, -0.25) is 4.79 Å². The Morgan fingerprint density at radius 3 is 1.94 bits per heavy atom. The summed E-state index contributed by atoms with van der Waals surface area (Å²) < 4.78 is 28.9. The molecule has 2 aliphatic carbocycles. The Morgan fingerprint density at radius 1 is 0.829 bits per heavy atom. The first kappa shape index (κ1) is 23.8. The molecule has 0 aromatic heterocycles. The molecule has 5 rings (SSSR count). The molecular formula is C29H32N2O3S. The van der Waals surface area contributed by atoms with Gasteiger partial charge in [-0.05, 0) is 79.3 Å². The number of fused-ring (bicyclic) bond motifs is 2. The van der Waals surface area contributed by atoms with Crippen LogP contribution < -0.4 is 10.0 Å². The molecule has 4 atom stereocenters. The topological polar surface area (TPSA) is 75.3 Å². The molecule has 0 radical (unpaired) electrons. The number of sulfonamides is 1. The Morgan fingerprint density at radius 2 is 1.43 bits per heavy atom. The van der Waals surface area contributed by atoms with Gasteiger partial charge in [0.1, 0.15) is 0 Å². The van der Waals surface area contributed by atoms with Crippen molar-refractivity contribution in [2.45, 2.75) is 49.5 Å². The predicted octanol–water partition coefficient (Wildman–Crippen LogP) is 5.56. The van der Waals surface area contributed by atoms with Crippen LogP contribution in [-0.2, 0) is 14.8 Å². The largest absolute Gasteiger partial charge is 0.325 e. The number of anilines is 1.